The molecule has 0 spiro atoms. The van der Waals surface area contributed by atoms with Crippen LogP contribution in [0, 0.1) is 5.92 Å². The van der Waals surface area contributed by atoms with Gasteiger partial charge in [-0.3, -0.25) is 9.59 Å². The smallest absolute Gasteiger partial charge is 0.306 e. The SMILES string of the molecule is COc1ccc(CCC(=O)OCC(=O)N[C@H](CC(C)C)c2ccccc2)cc1. The van der Waals surface area contributed by atoms with Gasteiger partial charge in [0.15, 0.2) is 6.61 Å². The summed E-state index contributed by atoms with van der Waals surface area (Å²) in [5, 5.41) is 2.98. The highest BCUT2D eigenvalue weighted by Crippen LogP contribution is 2.21. The number of methoxy groups -OCH3 is 1. The Labute approximate surface area is 167 Å². The molecule has 2 rings (SSSR count). The highest BCUT2D eigenvalue weighted by atomic mass is 16.5. The van der Waals surface area contributed by atoms with Crippen LogP contribution in [0.4, 0.5) is 0 Å². The van der Waals surface area contributed by atoms with E-state index < -0.39 is 0 Å². The van der Waals surface area contributed by atoms with Crippen molar-refractivity contribution in [1.82, 2.24) is 5.32 Å². The van der Waals surface area contributed by atoms with E-state index in [-0.39, 0.29) is 30.9 Å². The number of carbonyl (C=O) groups excluding carboxylic acids is 2. The standard InChI is InChI=1S/C23H29NO4/c1-17(2)15-21(19-7-5-4-6-8-19)24-22(25)16-28-23(26)14-11-18-9-12-20(27-3)13-10-18/h4-10,12-13,17,21H,11,14-16H2,1-3H3,(H,24,25)/t21-/m1/s1. The number of carbonyl (C=O) groups is 2. The molecular weight excluding hydrogens is 354 g/mol. The summed E-state index contributed by atoms with van der Waals surface area (Å²) in [6, 6.07) is 17.3. The van der Waals surface area contributed by atoms with Crippen molar-refractivity contribution < 1.29 is 19.1 Å². The van der Waals surface area contributed by atoms with Crippen LogP contribution < -0.4 is 10.1 Å². The fraction of sp³-hybridized carbons (Fsp3) is 0.391. The normalized spacial score (nSPS) is 11.7. The third-order valence-electron chi connectivity index (χ3n) is 4.39. The van der Waals surface area contributed by atoms with Gasteiger partial charge in [0.2, 0.25) is 0 Å². The largest absolute Gasteiger partial charge is 0.497 e. The second kappa shape index (κ2) is 11.1. The third-order valence-corrected chi connectivity index (χ3v) is 4.39. The van der Waals surface area contributed by atoms with Crippen molar-refractivity contribution >= 4 is 11.9 Å². The van der Waals surface area contributed by atoms with E-state index in [4.69, 9.17) is 9.47 Å². The van der Waals surface area contributed by atoms with Crippen LogP contribution in [0.5, 0.6) is 5.75 Å². The van der Waals surface area contributed by atoms with Gasteiger partial charge < -0.3 is 14.8 Å². The molecule has 0 unspecified atom stereocenters. The fourth-order valence-electron chi connectivity index (χ4n) is 2.93. The Kier molecular flexibility index (Phi) is 8.53. The lowest BCUT2D eigenvalue weighted by Crippen LogP contribution is -2.33. The molecule has 28 heavy (non-hydrogen) atoms. The number of benzene rings is 2. The predicted molar refractivity (Wildman–Crippen MR) is 109 cm³/mol. The number of ether oxygens (including phenoxy) is 2. The first kappa shape index (κ1) is 21.5. The summed E-state index contributed by atoms with van der Waals surface area (Å²) in [7, 11) is 1.61. The van der Waals surface area contributed by atoms with E-state index in [0.717, 1.165) is 23.3 Å². The first-order chi connectivity index (χ1) is 13.5. The van der Waals surface area contributed by atoms with Crippen LogP contribution in [0.3, 0.4) is 0 Å². The van der Waals surface area contributed by atoms with E-state index in [2.05, 4.69) is 19.2 Å². The minimum absolute atomic E-state index is 0.0910. The van der Waals surface area contributed by atoms with Gasteiger partial charge in [0.05, 0.1) is 13.2 Å². The molecule has 5 nitrogen and oxygen atoms in total. The van der Waals surface area contributed by atoms with Gasteiger partial charge in [-0.05, 0) is 42.0 Å². The van der Waals surface area contributed by atoms with Crippen LogP contribution in [0.2, 0.25) is 0 Å². The maximum Gasteiger partial charge on any atom is 0.306 e. The number of aryl methyl sites for hydroxylation is 1. The molecule has 0 aliphatic heterocycles. The molecule has 0 saturated carbocycles. The van der Waals surface area contributed by atoms with E-state index in [1.165, 1.54) is 0 Å². The van der Waals surface area contributed by atoms with Crippen molar-refractivity contribution in [3.63, 3.8) is 0 Å². The van der Waals surface area contributed by atoms with E-state index in [9.17, 15) is 9.59 Å². The molecule has 0 heterocycles. The Morgan fingerprint density at radius 1 is 1.00 bits per heavy atom. The van der Waals surface area contributed by atoms with Crippen LogP contribution in [0.1, 0.15) is 43.9 Å². The van der Waals surface area contributed by atoms with Crippen molar-refractivity contribution in [2.45, 2.75) is 39.2 Å². The minimum atomic E-state index is -0.383. The lowest BCUT2D eigenvalue weighted by Gasteiger charge is -2.21. The Balaban J connectivity index is 1.78. The monoisotopic (exact) mass is 383 g/mol. The summed E-state index contributed by atoms with van der Waals surface area (Å²) < 4.78 is 10.2. The van der Waals surface area contributed by atoms with Crippen molar-refractivity contribution in [2.24, 2.45) is 5.92 Å². The number of esters is 1. The number of rotatable bonds is 10. The molecule has 0 aromatic heterocycles. The van der Waals surface area contributed by atoms with Gasteiger partial charge >= 0.3 is 5.97 Å². The van der Waals surface area contributed by atoms with Crippen LogP contribution in [0.25, 0.3) is 0 Å². The van der Waals surface area contributed by atoms with E-state index in [1.807, 2.05) is 54.6 Å². The molecular formula is C23H29NO4. The van der Waals surface area contributed by atoms with Crippen LogP contribution in [0.15, 0.2) is 54.6 Å². The minimum Gasteiger partial charge on any atom is -0.497 e. The van der Waals surface area contributed by atoms with Gasteiger partial charge in [-0.2, -0.15) is 0 Å². The van der Waals surface area contributed by atoms with E-state index >= 15 is 0 Å². The fourth-order valence-corrected chi connectivity index (χ4v) is 2.93. The average Bonchev–Trinajstić information content (AvgIpc) is 2.71. The van der Waals surface area contributed by atoms with Gasteiger partial charge in [0, 0.05) is 6.42 Å². The molecule has 1 N–H and O–H groups in total. The molecule has 0 aliphatic carbocycles. The quantitative estimate of drug-likeness (QED) is 0.628. The molecule has 0 bridgehead atoms. The van der Waals surface area contributed by atoms with Crippen molar-refractivity contribution in [2.75, 3.05) is 13.7 Å². The first-order valence-corrected chi connectivity index (χ1v) is 9.60. The van der Waals surface area contributed by atoms with Gasteiger partial charge in [0.1, 0.15) is 5.75 Å². The molecule has 2 aromatic rings. The second-order valence-corrected chi connectivity index (χ2v) is 7.17. The topological polar surface area (TPSA) is 64.6 Å². The summed E-state index contributed by atoms with van der Waals surface area (Å²) in [5.41, 5.74) is 2.07. The number of nitrogens with one attached hydrogen (secondary N) is 1. The van der Waals surface area contributed by atoms with Crippen LogP contribution >= 0.6 is 0 Å². The van der Waals surface area contributed by atoms with Gasteiger partial charge in [-0.15, -0.1) is 0 Å². The summed E-state index contributed by atoms with van der Waals surface area (Å²) in [6.07, 6.45) is 1.61. The van der Waals surface area contributed by atoms with Gasteiger partial charge in [-0.25, -0.2) is 0 Å². The first-order valence-electron chi connectivity index (χ1n) is 9.60. The average molecular weight is 383 g/mol. The maximum absolute atomic E-state index is 12.3. The molecule has 0 aliphatic rings. The molecule has 0 radical (unpaired) electrons. The summed E-state index contributed by atoms with van der Waals surface area (Å²) in [5.74, 6) is 0.535. The lowest BCUT2D eigenvalue weighted by atomic mass is 9.97. The summed E-state index contributed by atoms with van der Waals surface area (Å²) in [6.45, 7) is 3.96. The molecule has 150 valence electrons. The van der Waals surface area contributed by atoms with Crippen molar-refractivity contribution in [3.8, 4) is 5.75 Å². The Morgan fingerprint density at radius 3 is 2.29 bits per heavy atom. The molecule has 1 amide bonds. The summed E-state index contributed by atoms with van der Waals surface area (Å²) in [4.78, 5) is 24.2. The maximum atomic E-state index is 12.3. The Hall–Kier alpha value is -2.82. The van der Waals surface area contributed by atoms with E-state index in [1.54, 1.807) is 7.11 Å². The van der Waals surface area contributed by atoms with Crippen molar-refractivity contribution in [3.05, 3.63) is 65.7 Å². The zero-order valence-corrected chi connectivity index (χ0v) is 16.8. The second-order valence-electron chi connectivity index (χ2n) is 7.17. The molecule has 1 atom stereocenters. The summed E-state index contributed by atoms with van der Waals surface area (Å²) >= 11 is 0. The molecule has 0 fully saturated rings. The number of amides is 1. The van der Waals surface area contributed by atoms with Crippen LogP contribution in [-0.2, 0) is 20.7 Å². The predicted octanol–water partition coefficient (Wildman–Crippen LogP) is 4.07. The van der Waals surface area contributed by atoms with Crippen LogP contribution in [-0.4, -0.2) is 25.6 Å². The Bertz CT molecular complexity index is 741. The van der Waals surface area contributed by atoms with Crippen molar-refractivity contribution in [1.29, 1.82) is 0 Å². The molecule has 2 aromatic carbocycles. The Morgan fingerprint density at radius 2 is 1.68 bits per heavy atom. The highest BCUT2D eigenvalue weighted by Gasteiger charge is 2.17. The molecule has 5 heteroatoms. The number of hydrogen-bond donors (Lipinski definition) is 1. The zero-order valence-electron chi connectivity index (χ0n) is 16.8. The zero-order chi connectivity index (χ0) is 20.4. The third kappa shape index (κ3) is 7.43. The highest BCUT2D eigenvalue weighted by molar-refractivity contribution is 5.80. The lowest BCUT2D eigenvalue weighted by molar-refractivity contribution is -0.148. The molecule has 0 saturated heterocycles. The van der Waals surface area contributed by atoms with Gasteiger partial charge in [0.25, 0.3) is 5.91 Å². The van der Waals surface area contributed by atoms with Gasteiger partial charge in [-0.1, -0.05) is 56.3 Å². The number of hydrogen-bond acceptors (Lipinski definition) is 4. The van der Waals surface area contributed by atoms with E-state index in [0.29, 0.717) is 12.3 Å².